The molecule has 20 heavy (non-hydrogen) atoms. The molecule has 3 aromatic heterocycles. The van der Waals surface area contributed by atoms with Crippen molar-refractivity contribution >= 4 is 33.7 Å². The fourth-order valence-electron chi connectivity index (χ4n) is 1.72. The molecule has 0 saturated carbocycles. The number of amides is 1. The summed E-state index contributed by atoms with van der Waals surface area (Å²) in [4.78, 5) is 18.8. The molecule has 7 heteroatoms. The molecule has 0 unspecified atom stereocenters. The average molecular weight is 304 g/mol. The molecule has 1 amide bonds. The number of carbonyl (C=O) groups excluding carboxylic acids is 1. The first-order chi connectivity index (χ1) is 9.61. The minimum absolute atomic E-state index is 0.193. The van der Waals surface area contributed by atoms with Crippen molar-refractivity contribution in [1.82, 2.24) is 14.8 Å². The van der Waals surface area contributed by atoms with Gasteiger partial charge >= 0.3 is 0 Å². The van der Waals surface area contributed by atoms with Crippen LogP contribution in [0.15, 0.2) is 29.9 Å². The summed E-state index contributed by atoms with van der Waals surface area (Å²) < 4.78 is 1.59. The quantitative estimate of drug-likeness (QED) is 0.808. The van der Waals surface area contributed by atoms with E-state index >= 15 is 0 Å². The van der Waals surface area contributed by atoms with E-state index in [1.165, 1.54) is 22.4 Å². The molecule has 0 saturated heterocycles. The van der Waals surface area contributed by atoms with Crippen LogP contribution < -0.4 is 5.32 Å². The van der Waals surface area contributed by atoms with E-state index in [9.17, 15) is 4.79 Å². The highest BCUT2D eigenvalue weighted by molar-refractivity contribution is 7.17. The number of hydrogen-bond acceptors (Lipinski definition) is 5. The topological polar surface area (TPSA) is 59.8 Å². The Bertz CT molecular complexity index is 756. The molecule has 0 aliphatic rings. The molecule has 0 fully saturated rings. The van der Waals surface area contributed by atoms with Crippen LogP contribution >= 0.6 is 22.7 Å². The summed E-state index contributed by atoms with van der Waals surface area (Å²) in [6.45, 7) is 2.06. The van der Waals surface area contributed by atoms with Crippen molar-refractivity contribution in [2.45, 2.75) is 6.92 Å². The monoisotopic (exact) mass is 304 g/mol. The van der Waals surface area contributed by atoms with Crippen molar-refractivity contribution in [3.8, 4) is 10.6 Å². The van der Waals surface area contributed by atoms with Crippen LogP contribution in [0.4, 0.5) is 5.13 Å². The molecule has 3 heterocycles. The molecule has 0 atom stereocenters. The van der Waals surface area contributed by atoms with Crippen LogP contribution in [0.1, 0.15) is 15.2 Å². The zero-order valence-electron chi connectivity index (χ0n) is 11.0. The second-order valence-corrected chi connectivity index (χ2v) is 6.45. The van der Waals surface area contributed by atoms with Gasteiger partial charge in [-0.15, -0.1) is 22.7 Å². The number of hydrogen-bond donors (Lipinski definition) is 1. The Labute approximate surface area is 123 Å². The Balaban J connectivity index is 1.76. The number of nitrogens with zero attached hydrogens (tertiary/aromatic N) is 3. The zero-order valence-corrected chi connectivity index (χ0v) is 12.6. The zero-order chi connectivity index (χ0) is 14.1. The summed E-state index contributed by atoms with van der Waals surface area (Å²) in [6, 6.07) is 4.11. The summed E-state index contributed by atoms with van der Waals surface area (Å²) in [5, 5.41) is 9.31. The summed E-state index contributed by atoms with van der Waals surface area (Å²) in [5.41, 5.74) is 1.42. The van der Waals surface area contributed by atoms with E-state index in [1.54, 1.807) is 29.3 Å². The van der Waals surface area contributed by atoms with E-state index in [-0.39, 0.29) is 5.91 Å². The van der Waals surface area contributed by atoms with Gasteiger partial charge in [-0.2, -0.15) is 5.10 Å². The van der Waals surface area contributed by atoms with Crippen molar-refractivity contribution in [1.29, 1.82) is 0 Å². The number of nitrogens with one attached hydrogen (secondary N) is 1. The number of thiazole rings is 1. The van der Waals surface area contributed by atoms with Gasteiger partial charge in [-0.05, 0) is 19.1 Å². The van der Waals surface area contributed by atoms with E-state index < -0.39 is 0 Å². The van der Waals surface area contributed by atoms with Gasteiger partial charge in [-0.1, -0.05) is 0 Å². The first-order valence-electron chi connectivity index (χ1n) is 5.94. The maximum Gasteiger partial charge on any atom is 0.260 e. The smallest absolute Gasteiger partial charge is 0.260 e. The molecule has 0 aromatic carbocycles. The minimum atomic E-state index is -0.193. The average Bonchev–Trinajstić information content (AvgIpc) is 3.10. The molecule has 5 nitrogen and oxygen atoms in total. The van der Waals surface area contributed by atoms with Crippen LogP contribution in [-0.4, -0.2) is 20.7 Å². The third kappa shape index (κ3) is 2.63. The number of rotatable bonds is 3. The number of anilines is 1. The lowest BCUT2D eigenvalue weighted by Crippen LogP contribution is -2.10. The third-order valence-corrected chi connectivity index (χ3v) is 4.47. The Morgan fingerprint density at radius 1 is 1.40 bits per heavy atom. The van der Waals surface area contributed by atoms with Crippen LogP contribution in [0, 0.1) is 6.92 Å². The first kappa shape index (κ1) is 13.0. The van der Waals surface area contributed by atoms with Crippen LogP contribution in [0.5, 0.6) is 0 Å². The molecular formula is C13H12N4OS2. The fourth-order valence-corrected chi connectivity index (χ4v) is 3.33. The van der Waals surface area contributed by atoms with Crippen LogP contribution in [0.25, 0.3) is 10.6 Å². The van der Waals surface area contributed by atoms with Crippen molar-refractivity contribution < 1.29 is 4.79 Å². The number of aryl methyl sites for hydroxylation is 2. The summed E-state index contributed by atoms with van der Waals surface area (Å²) in [7, 11) is 1.78. The second-order valence-electron chi connectivity index (χ2n) is 4.30. The Morgan fingerprint density at radius 3 is 2.90 bits per heavy atom. The number of aromatic nitrogens is 3. The molecule has 3 aromatic rings. The maximum atomic E-state index is 12.0. The molecular weight excluding hydrogens is 292 g/mol. The lowest BCUT2D eigenvalue weighted by molar-refractivity contribution is 0.102. The molecule has 0 radical (unpaired) electrons. The molecule has 3 rings (SSSR count). The SMILES string of the molecule is Cc1ccc(-c2csc(NC(=O)c3cnn(C)c3)n2)s1. The van der Waals surface area contributed by atoms with Crippen LogP contribution in [0.3, 0.4) is 0 Å². The highest BCUT2D eigenvalue weighted by Crippen LogP contribution is 2.30. The van der Waals surface area contributed by atoms with Crippen molar-refractivity contribution in [2.75, 3.05) is 5.32 Å². The Morgan fingerprint density at radius 2 is 2.25 bits per heavy atom. The Hall–Kier alpha value is -1.99. The third-order valence-electron chi connectivity index (χ3n) is 2.68. The van der Waals surface area contributed by atoms with Crippen molar-refractivity contribution in [2.24, 2.45) is 7.05 Å². The predicted molar refractivity (Wildman–Crippen MR) is 81.3 cm³/mol. The molecule has 0 spiro atoms. The minimum Gasteiger partial charge on any atom is -0.298 e. The normalized spacial score (nSPS) is 10.7. The molecule has 1 N–H and O–H groups in total. The molecule has 0 aliphatic carbocycles. The highest BCUT2D eigenvalue weighted by atomic mass is 32.1. The van der Waals surface area contributed by atoms with Gasteiger partial charge in [0.05, 0.1) is 22.3 Å². The Kier molecular flexibility index (Phi) is 3.37. The first-order valence-corrected chi connectivity index (χ1v) is 7.64. The van der Waals surface area contributed by atoms with Gasteiger partial charge in [0.2, 0.25) is 0 Å². The molecule has 102 valence electrons. The van der Waals surface area contributed by atoms with Crippen LogP contribution in [0.2, 0.25) is 0 Å². The lowest BCUT2D eigenvalue weighted by atomic mass is 10.3. The van der Waals surface area contributed by atoms with E-state index in [2.05, 4.69) is 28.4 Å². The van der Waals surface area contributed by atoms with Crippen LogP contribution in [-0.2, 0) is 7.05 Å². The van der Waals surface area contributed by atoms with Gasteiger partial charge in [-0.3, -0.25) is 14.8 Å². The van der Waals surface area contributed by atoms with E-state index in [0.29, 0.717) is 10.7 Å². The fraction of sp³-hybridized carbons (Fsp3) is 0.154. The van der Waals surface area contributed by atoms with E-state index in [1.807, 2.05) is 11.4 Å². The summed E-state index contributed by atoms with van der Waals surface area (Å²) in [5.74, 6) is -0.193. The van der Waals surface area contributed by atoms with Gasteiger partial charge in [0, 0.05) is 23.5 Å². The number of carbonyl (C=O) groups is 1. The largest absolute Gasteiger partial charge is 0.298 e. The van der Waals surface area contributed by atoms with Gasteiger partial charge < -0.3 is 0 Å². The highest BCUT2D eigenvalue weighted by Gasteiger charge is 2.12. The molecule has 0 aliphatic heterocycles. The second kappa shape index (κ2) is 5.18. The van der Waals surface area contributed by atoms with Gasteiger partial charge in [0.15, 0.2) is 5.13 Å². The number of thiophene rings is 1. The van der Waals surface area contributed by atoms with Gasteiger partial charge in [0.25, 0.3) is 5.91 Å². The van der Waals surface area contributed by atoms with Gasteiger partial charge in [-0.25, -0.2) is 4.98 Å². The summed E-state index contributed by atoms with van der Waals surface area (Å²) >= 11 is 3.11. The standard InChI is InChI=1S/C13H12N4OS2/c1-8-3-4-11(20-8)10-7-19-13(15-10)16-12(18)9-5-14-17(2)6-9/h3-7H,1-2H3,(H,15,16,18). The van der Waals surface area contributed by atoms with E-state index in [0.717, 1.165) is 10.6 Å². The maximum absolute atomic E-state index is 12.0. The summed E-state index contributed by atoms with van der Waals surface area (Å²) in [6.07, 6.45) is 3.21. The van der Waals surface area contributed by atoms with Gasteiger partial charge in [0.1, 0.15) is 0 Å². The molecule has 0 bridgehead atoms. The van der Waals surface area contributed by atoms with Crippen molar-refractivity contribution in [3.63, 3.8) is 0 Å². The van der Waals surface area contributed by atoms with Crippen molar-refractivity contribution in [3.05, 3.63) is 40.3 Å². The lowest BCUT2D eigenvalue weighted by Gasteiger charge is -1.97. The predicted octanol–water partition coefficient (Wildman–Crippen LogP) is 3.17. The van der Waals surface area contributed by atoms with E-state index in [4.69, 9.17) is 0 Å².